The number of carbonyl (C=O) groups is 1. The first-order valence-corrected chi connectivity index (χ1v) is 10.0. The van der Waals surface area contributed by atoms with Gasteiger partial charge < -0.3 is 0 Å². The molecule has 0 fully saturated rings. The number of nitrogens with zero attached hydrogens (tertiary/aromatic N) is 1. The topological polar surface area (TPSA) is 76.1 Å². The second kappa shape index (κ2) is 7.06. The molecule has 0 unspecified atom stereocenters. The van der Waals surface area contributed by atoms with E-state index in [2.05, 4.69) is 4.98 Å². The minimum atomic E-state index is -4.17. The van der Waals surface area contributed by atoms with E-state index in [0.717, 1.165) is 11.3 Å². The Morgan fingerprint density at radius 3 is 2.80 bits per heavy atom. The predicted octanol–water partition coefficient (Wildman–Crippen LogP) is 3.73. The molecule has 0 bridgehead atoms. The number of halogens is 2. The number of rotatable bonds is 5. The highest BCUT2D eigenvalue weighted by Gasteiger charge is 2.24. The van der Waals surface area contributed by atoms with E-state index >= 15 is 0 Å². The zero-order chi connectivity index (χ0) is 18.0. The van der Waals surface area contributed by atoms with Crippen LogP contribution in [-0.2, 0) is 10.0 Å². The number of hydrogen-bond donors (Lipinski definition) is 1. The molecule has 0 aliphatic heterocycles. The van der Waals surface area contributed by atoms with Gasteiger partial charge in [-0.25, -0.2) is 13.1 Å². The maximum Gasteiger partial charge on any atom is 0.288 e. The Balaban J connectivity index is 1.94. The van der Waals surface area contributed by atoms with Gasteiger partial charge in [0.2, 0.25) is 0 Å². The number of hydrogen-bond acceptors (Lipinski definition) is 6. The molecule has 2 aromatic heterocycles. The van der Waals surface area contributed by atoms with Crippen LogP contribution in [0, 0.1) is 0 Å². The number of thioether (sulfide) groups is 1. The van der Waals surface area contributed by atoms with Gasteiger partial charge in [0, 0.05) is 28.1 Å². The van der Waals surface area contributed by atoms with Gasteiger partial charge in [0.1, 0.15) is 4.88 Å². The Morgan fingerprint density at radius 2 is 2.04 bits per heavy atom. The van der Waals surface area contributed by atoms with Crippen LogP contribution in [0.4, 0.5) is 8.78 Å². The van der Waals surface area contributed by atoms with Crippen molar-refractivity contribution in [2.24, 2.45) is 0 Å². The molecule has 0 saturated carbocycles. The summed E-state index contributed by atoms with van der Waals surface area (Å²) in [5.41, 5.74) is 0. The van der Waals surface area contributed by atoms with Gasteiger partial charge in [-0.05, 0) is 23.6 Å². The molecule has 0 radical (unpaired) electrons. The Labute approximate surface area is 150 Å². The van der Waals surface area contributed by atoms with Crippen LogP contribution >= 0.6 is 23.1 Å². The van der Waals surface area contributed by atoms with Crippen molar-refractivity contribution in [1.82, 2.24) is 9.71 Å². The number of aromatic nitrogens is 1. The van der Waals surface area contributed by atoms with E-state index in [1.807, 2.05) is 4.72 Å². The molecule has 3 aromatic rings. The van der Waals surface area contributed by atoms with Crippen molar-refractivity contribution < 1.29 is 22.0 Å². The van der Waals surface area contributed by atoms with E-state index in [9.17, 15) is 22.0 Å². The second-order valence-electron chi connectivity index (χ2n) is 4.78. The first-order valence-electron chi connectivity index (χ1n) is 6.80. The molecule has 25 heavy (non-hydrogen) atoms. The summed E-state index contributed by atoms with van der Waals surface area (Å²) in [7, 11) is -4.17. The predicted molar refractivity (Wildman–Crippen MR) is 92.6 cm³/mol. The molecule has 2 heterocycles. The quantitative estimate of drug-likeness (QED) is 0.661. The first kappa shape index (κ1) is 17.8. The zero-order valence-corrected chi connectivity index (χ0v) is 14.8. The number of thiophene rings is 1. The average Bonchev–Trinajstić information content (AvgIpc) is 3.01. The third-order valence-corrected chi connectivity index (χ3v) is 6.41. The number of amides is 1. The molecule has 10 heteroatoms. The molecule has 5 nitrogen and oxygen atoms in total. The maximum absolute atomic E-state index is 12.6. The summed E-state index contributed by atoms with van der Waals surface area (Å²) in [6.45, 7) is 0. The monoisotopic (exact) mass is 400 g/mol. The summed E-state index contributed by atoms with van der Waals surface area (Å²) in [5, 5.41) is 2.46. The van der Waals surface area contributed by atoms with Crippen LogP contribution < -0.4 is 4.72 Å². The molecule has 1 amide bonds. The summed E-state index contributed by atoms with van der Waals surface area (Å²) >= 11 is 1.10. The molecule has 0 aliphatic carbocycles. The van der Waals surface area contributed by atoms with E-state index < -0.39 is 21.7 Å². The summed E-state index contributed by atoms with van der Waals surface area (Å²) in [6, 6.07) is 7.47. The normalized spacial score (nSPS) is 11.8. The fraction of sp³-hybridized carbons (Fsp3) is 0.0667. The van der Waals surface area contributed by atoms with Crippen LogP contribution in [0.3, 0.4) is 0 Å². The number of pyridine rings is 1. The lowest BCUT2D eigenvalue weighted by Gasteiger charge is -2.09. The van der Waals surface area contributed by atoms with Crippen LogP contribution in [0.5, 0.6) is 0 Å². The summed E-state index contributed by atoms with van der Waals surface area (Å²) < 4.78 is 52.2. The fourth-order valence-corrected chi connectivity index (χ4v) is 5.05. The van der Waals surface area contributed by atoms with E-state index in [1.54, 1.807) is 6.07 Å². The summed E-state index contributed by atoms with van der Waals surface area (Å²) in [4.78, 5) is 16.1. The molecule has 0 aliphatic rings. The van der Waals surface area contributed by atoms with Crippen LogP contribution in [0.15, 0.2) is 57.9 Å². The van der Waals surface area contributed by atoms with Crippen molar-refractivity contribution in [3.05, 3.63) is 53.0 Å². The summed E-state index contributed by atoms with van der Waals surface area (Å²) in [6.07, 6.45) is 2.95. The standard InChI is InChI=1S/C15H10F2N2O3S3/c16-15(17)24-11-5-7-23-13(11)14(20)19-25(21,22)12-3-1-2-9-8-18-6-4-10(9)12/h1-8,15H,(H,19,20). The number of sulfonamides is 1. The highest BCUT2D eigenvalue weighted by atomic mass is 32.2. The first-order chi connectivity index (χ1) is 11.9. The van der Waals surface area contributed by atoms with E-state index in [4.69, 9.17) is 0 Å². The SMILES string of the molecule is O=C(NS(=O)(=O)c1cccc2cnccc12)c1sccc1SC(F)F. The van der Waals surface area contributed by atoms with Crippen molar-refractivity contribution in [1.29, 1.82) is 0 Å². The molecular formula is C15H10F2N2O3S3. The Hall–Kier alpha value is -2.04. The fourth-order valence-electron chi connectivity index (χ4n) is 2.20. The molecule has 0 atom stereocenters. The molecule has 130 valence electrons. The number of nitrogens with one attached hydrogen (secondary N) is 1. The Morgan fingerprint density at radius 1 is 1.24 bits per heavy atom. The van der Waals surface area contributed by atoms with Crippen LogP contribution in [0.2, 0.25) is 0 Å². The number of alkyl halides is 2. The van der Waals surface area contributed by atoms with Crippen LogP contribution in [-0.4, -0.2) is 25.1 Å². The third kappa shape index (κ3) is 3.80. The van der Waals surface area contributed by atoms with Gasteiger partial charge in [-0.15, -0.1) is 11.3 Å². The minimum absolute atomic E-state index is 0.0369. The van der Waals surface area contributed by atoms with Crippen molar-refractivity contribution in [3.63, 3.8) is 0 Å². The van der Waals surface area contributed by atoms with Crippen molar-refractivity contribution >= 4 is 49.8 Å². The number of carbonyl (C=O) groups excluding carboxylic acids is 1. The van der Waals surface area contributed by atoms with Gasteiger partial charge in [0.05, 0.1) is 4.90 Å². The highest BCUT2D eigenvalue weighted by Crippen LogP contribution is 2.32. The Kier molecular flexibility index (Phi) is 5.02. The lowest BCUT2D eigenvalue weighted by Crippen LogP contribution is -2.30. The van der Waals surface area contributed by atoms with Crippen molar-refractivity contribution in [2.75, 3.05) is 0 Å². The van der Waals surface area contributed by atoms with Crippen LogP contribution in [0.1, 0.15) is 9.67 Å². The molecular weight excluding hydrogens is 390 g/mol. The van der Waals surface area contributed by atoms with Gasteiger partial charge in [0.15, 0.2) is 0 Å². The molecule has 0 saturated heterocycles. The van der Waals surface area contributed by atoms with Crippen molar-refractivity contribution in [3.8, 4) is 0 Å². The van der Waals surface area contributed by atoms with E-state index in [0.29, 0.717) is 10.8 Å². The summed E-state index contributed by atoms with van der Waals surface area (Å²) in [5.74, 6) is -3.65. The zero-order valence-electron chi connectivity index (χ0n) is 12.3. The smallest absolute Gasteiger partial charge is 0.267 e. The van der Waals surface area contributed by atoms with Gasteiger partial charge in [-0.1, -0.05) is 23.9 Å². The highest BCUT2D eigenvalue weighted by molar-refractivity contribution is 7.99. The van der Waals surface area contributed by atoms with Gasteiger partial charge in [-0.2, -0.15) is 8.78 Å². The largest absolute Gasteiger partial charge is 0.288 e. The number of fused-ring (bicyclic) bond motifs is 1. The van der Waals surface area contributed by atoms with Gasteiger partial charge >= 0.3 is 0 Å². The van der Waals surface area contributed by atoms with Gasteiger partial charge in [0.25, 0.3) is 21.7 Å². The lowest BCUT2D eigenvalue weighted by molar-refractivity contribution is 0.0983. The Bertz CT molecular complexity index is 1030. The van der Waals surface area contributed by atoms with Crippen LogP contribution in [0.25, 0.3) is 10.8 Å². The van der Waals surface area contributed by atoms with E-state index in [-0.39, 0.29) is 26.4 Å². The van der Waals surface area contributed by atoms with Gasteiger partial charge in [-0.3, -0.25) is 9.78 Å². The molecule has 1 N–H and O–H groups in total. The van der Waals surface area contributed by atoms with E-state index in [1.165, 1.54) is 42.0 Å². The average molecular weight is 400 g/mol. The number of benzene rings is 1. The molecule has 1 aromatic carbocycles. The second-order valence-corrected chi connectivity index (χ2v) is 8.38. The minimum Gasteiger partial charge on any atom is -0.267 e. The third-order valence-electron chi connectivity index (χ3n) is 3.21. The lowest BCUT2D eigenvalue weighted by atomic mass is 10.2. The maximum atomic E-state index is 12.6. The van der Waals surface area contributed by atoms with Crippen molar-refractivity contribution in [2.45, 2.75) is 15.5 Å². The molecule has 3 rings (SSSR count). The molecule has 0 spiro atoms.